The van der Waals surface area contributed by atoms with Crippen LogP contribution in [-0.2, 0) is 6.18 Å². The first kappa shape index (κ1) is 16.3. The van der Waals surface area contributed by atoms with E-state index < -0.39 is 11.9 Å². The Morgan fingerprint density at radius 2 is 1.87 bits per heavy atom. The Hall–Kier alpha value is -1.54. The van der Waals surface area contributed by atoms with Crippen molar-refractivity contribution in [1.82, 2.24) is 14.3 Å². The lowest BCUT2D eigenvalue weighted by atomic mass is 10.2. The van der Waals surface area contributed by atoms with E-state index in [1.54, 1.807) is 12.3 Å². The summed E-state index contributed by atoms with van der Waals surface area (Å²) in [5.41, 5.74) is 0.339. The lowest BCUT2D eigenvalue weighted by Gasteiger charge is -2.35. The van der Waals surface area contributed by atoms with Crippen LogP contribution in [0.3, 0.4) is 0 Å². The first-order valence-corrected chi connectivity index (χ1v) is 7.99. The summed E-state index contributed by atoms with van der Waals surface area (Å²) in [6, 6.07) is 3.44. The van der Waals surface area contributed by atoms with Gasteiger partial charge < -0.3 is 9.30 Å². The highest BCUT2D eigenvalue weighted by atomic mass is 79.9. The normalized spacial score (nSPS) is 17.0. The minimum Gasteiger partial charge on any atom is -0.368 e. The summed E-state index contributed by atoms with van der Waals surface area (Å²) >= 11 is 3.36. The summed E-state index contributed by atoms with van der Waals surface area (Å²) in [7, 11) is 0. The molecule has 0 atom stereocenters. The first-order chi connectivity index (χ1) is 10.8. The van der Waals surface area contributed by atoms with Crippen LogP contribution in [0.2, 0.25) is 0 Å². The second-order valence-electron chi connectivity index (χ2n) is 5.56. The Kier molecular flexibility index (Phi) is 4.37. The summed E-state index contributed by atoms with van der Waals surface area (Å²) in [6.45, 7) is 8.08. The van der Waals surface area contributed by atoms with Crippen molar-refractivity contribution in [2.24, 2.45) is 0 Å². The molecule has 2 aromatic heterocycles. The summed E-state index contributed by atoms with van der Waals surface area (Å²) in [6.07, 6.45) is -1.68. The van der Waals surface area contributed by atoms with Gasteiger partial charge in [-0.15, -0.1) is 0 Å². The molecule has 0 N–H and O–H groups in total. The van der Waals surface area contributed by atoms with Gasteiger partial charge in [0, 0.05) is 49.6 Å². The van der Waals surface area contributed by atoms with Crippen molar-refractivity contribution in [1.29, 1.82) is 0 Å². The molecule has 1 aliphatic rings. The van der Waals surface area contributed by atoms with Crippen LogP contribution in [0.15, 0.2) is 35.6 Å². The number of halogens is 4. The molecule has 0 spiro atoms. The number of piperazine rings is 1. The SMILES string of the molecule is C=C(Br)CN1CCN(c2ccc3nc(C(F)(F)F)cn3c2)CC1. The van der Waals surface area contributed by atoms with Gasteiger partial charge in [0.25, 0.3) is 0 Å². The fraction of sp³-hybridized carbons (Fsp3) is 0.400. The van der Waals surface area contributed by atoms with E-state index in [4.69, 9.17) is 0 Å². The highest BCUT2D eigenvalue weighted by Crippen LogP contribution is 2.29. The van der Waals surface area contributed by atoms with Crippen LogP contribution in [0.25, 0.3) is 5.65 Å². The van der Waals surface area contributed by atoms with Gasteiger partial charge in [-0.1, -0.05) is 22.5 Å². The van der Waals surface area contributed by atoms with E-state index in [-0.39, 0.29) is 0 Å². The zero-order chi connectivity index (χ0) is 16.6. The van der Waals surface area contributed by atoms with Crippen molar-refractivity contribution in [2.45, 2.75) is 6.18 Å². The topological polar surface area (TPSA) is 23.8 Å². The Morgan fingerprint density at radius 3 is 2.48 bits per heavy atom. The molecule has 1 fully saturated rings. The molecule has 2 aromatic rings. The molecule has 1 aliphatic heterocycles. The molecule has 1 saturated heterocycles. The fourth-order valence-corrected chi connectivity index (χ4v) is 3.07. The Labute approximate surface area is 140 Å². The van der Waals surface area contributed by atoms with Crippen molar-refractivity contribution in [3.8, 4) is 0 Å². The number of fused-ring (bicyclic) bond motifs is 1. The van der Waals surface area contributed by atoms with Crippen LogP contribution in [0.1, 0.15) is 5.69 Å². The third-order valence-corrected chi connectivity index (χ3v) is 4.11. The molecule has 23 heavy (non-hydrogen) atoms. The van der Waals surface area contributed by atoms with Gasteiger partial charge in [-0.3, -0.25) is 4.90 Å². The third-order valence-electron chi connectivity index (χ3n) is 3.86. The molecule has 0 bridgehead atoms. The van der Waals surface area contributed by atoms with Crippen molar-refractivity contribution < 1.29 is 13.2 Å². The number of imidazole rings is 1. The Morgan fingerprint density at radius 1 is 1.17 bits per heavy atom. The minimum atomic E-state index is -4.42. The number of pyridine rings is 1. The smallest absolute Gasteiger partial charge is 0.368 e. The van der Waals surface area contributed by atoms with Crippen LogP contribution in [-0.4, -0.2) is 47.0 Å². The van der Waals surface area contributed by atoms with Gasteiger partial charge in [-0.25, -0.2) is 4.98 Å². The maximum Gasteiger partial charge on any atom is 0.434 e. The van der Waals surface area contributed by atoms with E-state index in [0.29, 0.717) is 5.65 Å². The predicted molar refractivity (Wildman–Crippen MR) is 86.9 cm³/mol. The van der Waals surface area contributed by atoms with Crippen LogP contribution < -0.4 is 4.90 Å². The van der Waals surface area contributed by atoms with Crippen LogP contribution >= 0.6 is 15.9 Å². The molecule has 4 nitrogen and oxygen atoms in total. The molecular weight excluding hydrogens is 373 g/mol. The Balaban J connectivity index is 1.75. The third kappa shape index (κ3) is 3.69. The molecule has 8 heteroatoms. The van der Waals surface area contributed by atoms with Gasteiger partial charge in [0.15, 0.2) is 5.69 Å². The standard InChI is InChI=1S/C15H16BrF3N4/c1-11(16)8-21-4-6-22(7-5-21)12-2-3-14-20-13(15(17,18)19)10-23(14)9-12/h2-3,9-10H,1,4-8H2. The van der Waals surface area contributed by atoms with Gasteiger partial charge in [-0.05, 0) is 12.1 Å². The van der Waals surface area contributed by atoms with Gasteiger partial charge >= 0.3 is 6.18 Å². The number of rotatable bonds is 3. The minimum absolute atomic E-state index is 0.301. The van der Waals surface area contributed by atoms with Crippen molar-refractivity contribution in [3.63, 3.8) is 0 Å². The summed E-state index contributed by atoms with van der Waals surface area (Å²) in [5, 5.41) is 0. The van der Waals surface area contributed by atoms with Crippen molar-refractivity contribution in [2.75, 3.05) is 37.6 Å². The zero-order valence-electron chi connectivity index (χ0n) is 12.4. The summed E-state index contributed by atoms with van der Waals surface area (Å²) in [5.74, 6) is 0. The second kappa shape index (κ2) is 6.16. The van der Waals surface area contributed by atoms with Crippen LogP contribution in [0, 0.1) is 0 Å². The highest BCUT2D eigenvalue weighted by molar-refractivity contribution is 9.11. The molecule has 124 valence electrons. The number of alkyl halides is 3. The number of hydrogen-bond donors (Lipinski definition) is 0. The van der Waals surface area contributed by atoms with Crippen LogP contribution in [0.5, 0.6) is 0 Å². The van der Waals surface area contributed by atoms with E-state index in [1.807, 2.05) is 6.07 Å². The maximum atomic E-state index is 12.7. The lowest BCUT2D eigenvalue weighted by molar-refractivity contribution is -0.140. The van der Waals surface area contributed by atoms with Gasteiger partial charge in [0.1, 0.15) is 5.65 Å². The summed E-state index contributed by atoms with van der Waals surface area (Å²) < 4.78 is 40.6. The molecule has 3 rings (SSSR count). The van der Waals surface area contributed by atoms with Gasteiger partial charge in [-0.2, -0.15) is 13.2 Å². The highest BCUT2D eigenvalue weighted by Gasteiger charge is 2.33. The average molecular weight is 389 g/mol. The van der Waals surface area contributed by atoms with E-state index >= 15 is 0 Å². The molecule has 0 aromatic carbocycles. The molecule has 3 heterocycles. The predicted octanol–water partition coefficient (Wildman–Crippen LogP) is 3.38. The van der Waals surface area contributed by atoms with Gasteiger partial charge in [0.05, 0.1) is 5.69 Å². The quantitative estimate of drug-likeness (QED) is 0.805. The van der Waals surface area contributed by atoms with Gasteiger partial charge in [0.2, 0.25) is 0 Å². The van der Waals surface area contributed by atoms with Crippen LogP contribution in [0.4, 0.5) is 18.9 Å². The maximum absolute atomic E-state index is 12.7. The fourth-order valence-electron chi connectivity index (χ4n) is 2.71. The number of nitrogens with zero attached hydrogens (tertiary/aromatic N) is 4. The molecule has 0 amide bonds. The lowest BCUT2D eigenvalue weighted by Crippen LogP contribution is -2.46. The molecule has 0 radical (unpaired) electrons. The van der Waals surface area contributed by atoms with Crippen molar-refractivity contribution in [3.05, 3.63) is 41.3 Å². The largest absolute Gasteiger partial charge is 0.434 e. The second-order valence-corrected chi connectivity index (χ2v) is 6.68. The molecule has 0 aliphatic carbocycles. The molecular formula is C15H16BrF3N4. The van der Waals surface area contributed by atoms with E-state index in [1.165, 1.54) is 4.40 Å². The Bertz CT molecular complexity index is 717. The van der Waals surface area contributed by atoms with E-state index in [9.17, 15) is 13.2 Å². The van der Waals surface area contributed by atoms with E-state index in [2.05, 4.69) is 37.3 Å². The average Bonchev–Trinajstić information content (AvgIpc) is 2.90. The first-order valence-electron chi connectivity index (χ1n) is 7.19. The van der Waals surface area contributed by atoms with E-state index in [0.717, 1.165) is 49.1 Å². The monoisotopic (exact) mass is 388 g/mol. The number of hydrogen-bond acceptors (Lipinski definition) is 3. The zero-order valence-corrected chi connectivity index (χ0v) is 13.9. The number of anilines is 1. The van der Waals surface area contributed by atoms with Crippen molar-refractivity contribution >= 4 is 27.3 Å². The summed E-state index contributed by atoms with van der Waals surface area (Å²) in [4.78, 5) is 8.06. The molecule has 0 saturated carbocycles. The molecule has 0 unspecified atom stereocenters. The number of aromatic nitrogens is 2.